The number of phenols is 1. The number of hydrogen-bond acceptors (Lipinski definition) is 4. The van der Waals surface area contributed by atoms with E-state index in [1.807, 2.05) is 0 Å². The number of aromatic nitrogens is 1. The lowest BCUT2D eigenvalue weighted by atomic mass is 10.3. The lowest BCUT2D eigenvalue weighted by Crippen LogP contribution is -2.13. The second kappa shape index (κ2) is 5.43. The molecule has 1 heterocycles. The summed E-state index contributed by atoms with van der Waals surface area (Å²) in [6.07, 6.45) is 1.02. The van der Waals surface area contributed by atoms with Gasteiger partial charge in [-0.2, -0.15) is 0 Å². The molecule has 0 radical (unpaired) electrons. The van der Waals surface area contributed by atoms with Crippen LogP contribution in [0.2, 0.25) is 10.2 Å². The van der Waals surface area contributed by atoms with E-state index >= 15 is 0 Å². The second-order valence-electron chi connectivity index (χ2n) is 3.72. The zero-order valence-electron chi connectivity index (χ0n) is 9.64. The number of nitrogens with zero attached hydrogens (tertiary/aromatic N) is 1. The van der Waals surface area contributed by atoms with Crippen molar-refractivity contribution in [2.75, 3.05) is 4.72 Å². The second-order valence-corrected chi connectivity index (χ2v) is 6.16. The van der Waals surface area contributed by atoms with Crippen molar-refractivity contribution in [2.24, 2.45) is 0 Å². The van der Waals surface area contributed by atoms with Crippen molar-refractivity contribution in [2.45, 2.75) is 4.90 Å². The summed E-state index contributed by atoms with van der Waals surface area (Å²) in [7, 11) is -3.99. The highest BCUT2D eigenvalue weighted by atomic mass is 35.5. The largest absolute Gasteiger partial charge is 0.505 e. The van der Waals surface area contributed by atoms with E-state index in [9.17, 15) is 12.8 Å². The van der Waals surface area contributed by atoms with Crippen LogP contribution in [0.3, 0.4) is 0 Å². The Balaban J connectivity index is 2.35. The van der Waals surface area contributed by atoms with Gasteiger partial charge < -0.3 is 5.11 Å². The molecule has 0 saturated heterocycles. The van der Waals surface area contributed by atoms with Gasteiger partial charge in [-0.3, -0.25) is 4.72 Å². The summed E-state index contributed by atoms with van der Waals surface area (Å²) < 4.78 is 39.3. The van der Waals surface area contributed by atoms with Gasteiger partial charge in [-0.05, 0) is 18.2 Å². The highest BCUT2D eigenvalue weighted by molar-refractivity contribution is 7.92. The zero-order valence-corrected chi connectivity index (χ0v) is 12.0. The molecule has 1 aromatic carbocycles. The van der Waals surface area contributed by atoms with Gasteiger partial charge in [0, 0.05) is 12.3 Å². The fourth-order valence-corrected chi connectivity index (χ4v) is 2.69. The predicted octanol–water partition coefficient (Wildman–Crippen LogP) is 3.03. The highest BCUT2D eigenvalue weighted by Crippen LogP contribution is 2.25. The van der Waals surface area contributed by atoms with Gasteiger partial charge in [-0.1, -0.05) is 23.2 Å². The van der Waals surface area contributed by atoms with E-state index in [4.69, 9.17) is 28.3 Å². The highest BCUT2D eigenvalue weighted by Gasteiger charge is 2.17. The number of anilines is 1. The average Bonchev–Trinajstić information content (AvgIpc) is 2.37. The van der Waals surface area contributed by atoms with E-state index in [0.717, 1.165) is 24.4 Å². The molecule has 0 atom stereocenters. The van der Waals surface area contributed by atoms with E-state index < -0.39 is 21.6 Å². The van der Waals surface area contributed by atoms with Gasteiger partial charge >= 0.3 is 0 Å². The monoisotopic (exact) mass is 336 g/mol. The van der Waals surface area contributed by atoms with Gasteiger partial charge in [0.1, 0.15) is 10.0 Å². The molecule has 5 nitrogen and oxygen atoms in total. The minimum Gasteiger partial charge on any atom is -0.505 e. The third-order valence-electron chi connectivity index (χ3n) is 2.28. The molecule has 0 aliphatic heterocycles. The lowest BCUT2D eigenvalue weighted by molar-refractivity contribution is 0.432. The van der Waals surface area contributed by atoms with E-state index in [1.54, 1.807) is 0 Å². The summed E-state index contributed by atoms with van der Waals surface area (Å²) in [5.74, 6) is -1.53. The Bertz CT molecular complexity index is 768. The molecule has 0 aliphatic rings. The van der Waals surface area contributed by atoms with E-state index in [0.29, 0.717) is 0 Å². The van der Waals surface area contributed by atoms with Crippen LogP contribution in [0.15, 0.2) is 35.4 Å². The van der Waals surface area contributed by atoms with Crippen molar-refractivity contribution in [1.82, 2.24) is 4.98 Å². The Labute approximate surface area is 124 Å². The minimum absolute atomic E-state index is 0.0218. The topological polar surface area (TPSA) is 79.3 Å². The summed E-state index contributed by atoms with van der Waals surface area (Å²) in [6.45, 7) is 0. The summed E-state index contributed by atoms with van der Waals surface area (Å²) in [5.41, 5.74) is -0.0497. The van der Waals surface area contributed by atoms with Crippen molar-refractivity contribution >= 4 is 38.9 Å². The Morgan fingerprint density at radius 3 is 2.55 bits per heavy atom. The molecule has 106 valence electrons. The standard InChI is InChI=1S/C11H7Cl2FN2O3S/c12-8-4-7(5-15-11(8)13)20(18,19)16-6-1-2-10(17)9(14)3-6/h1-5,16-17H. The van der Waals surface area contributed by atoms with Gasteiger partial charge in [-0.25, -0.2) is 17.8 Å². The lowest BCUT2D eigenvalue weighted by Gasteiger charge is -2.08. The van der Waals surface area contributed by atoms with Gasteiger partial charge in [0.25, 0.3) is 10.0 Å². The fraction of sp³-hybridized carbons (Fsp3) is 0. The van der Waals surface area contributed by atoms with Crippen LogP contribution >= 0.6 is 23.2 Å². The van der Waals surface area contributed by atoms with E-state index in [2.05, 4.69) is 9.71 Å². The number of benzene rings is 1. The first kappa shape index (κ1) is 14.8. The smallest absolute Gasteiger partial charge is 0.263 e. The maximum absolute atomic E-state index is 13.1. The van der Waals surface area contributed by atoms with Crippen molar-refractivity contribution in [3.63, 3.8) is 0 Å². The fourth-order valence-electron chi connectivity index (χ4n) is 1.34. The molecule has 20 heavy (non-hydrogen) atoms. The van der Waals surface area contributed by atoms with Crippen LogP contribution in [0.1, 0.15) is 0 Å². The molecular weight excluding hydrogens is 330 g/mol. The first-order chi connectivity index (χ1) is 9.29. The number of sulfonamides is 1. The van der Waals surface area contributed by atoms with Crippen LogP contribution < -0.4 is 4.72 Å². The number of aromatic hydroxyl groups is 1. The molecule has 0 spiro atoms. The molecule has 1 aromatic heterocycles. The summed E-state index contributed by atoms with van der Waals surface area (Å²) in [5, 5.41) is 8.98. The SMILES string of the molecule is O=S(=O)(Nc1ccc(O)c(F)c1)c1cnc(Cl)c(Cl)c1. The van der Waals surface area contributed by atoms with Gasteiger partial charge in [0.2, 0.25) is 0 Å². The molecule has 0 amide bonds. The quantitative estimate of drug-likeness (QED) is 0.666. The normalized spacial score (nSPS) is 11.3. The van der Waals surface area contributed by atoms with Gasteiger partial charge in [0.15, 0.2) is 11.6 Å². The molecular formula is C11H7Cl2FN2O3S. The van der Waals surface area contributed by atoms with Crippen molar-refractivity contribution in [3.05, 3.63) is 46.5 Å². The first-order valence-corrected chi connectivity index (χ1v) is 7.36. The Kier molecular flexibility index (Phi) is 4.03. The van der Waals surface area contributed by atoms with Crippen LogP contribution in [-0.4, -0.2) is 18.5 Å². The van der Waals surface area contributed by atoms with Gasteiger partial charge in [-0.15, -0.1) is 0 Å². The summed E-state index contributed by atoms with van der Waals surface area (Å²) >= 11 is 11.3. The Morgan fingerprint density at radius 1 is 1.25 bits per heavy atom. The van der Waals surface area contributed by atoms with Crippen LogP contribution in [0.4, 0.5) is 10.1 Å². The molecule has 0 saturated carbocycles. The molecule has 9 heteroatoms. The van der Waals surface area contributed by atoms with Crippen LogP contribution in [-0.2, 0) is 10.0 Å². The summed E-state index contributed by atoms with van der Waals surface area (Å²) in [4.78, 5) is 3.40. The van der Waals surface area contributed by atoms with E-state index in [1.165, 1.54) is 6.07 Å². The minimum atomic E-state index is -3.99. The number of rotatable bonds is 3. The Morgan fingerprint density at radius 2 is 1.95 bits per heavy atom. The van der Waals surface area contributed by atoms with Crippen molar-refractivity contribution in [1.29, 1.82) is 0 Å². The number of pyridine rings is 1. The van der Waals surface area contributed by atoms with Gasteiger partial charge in [0.05, 0.1) is 10.7 Å². The van der Waals surface area contributed by atoms with Crippen LogP contribution in [0.5, 0.6) is 5.75 Å². The maximum Gasteiger partial charge on any atom is 0.263 e. The number of phenolic OH excluding ortho intramolecular Hbond substituents is 1. The average molecular weight is 337 g/mol. The predicted molar refractivity (Wildman–Crippen MR) is 73.1 cm³/mol. The number of nitrogens with one attached hydrogen (secondary N) is 1. The molecule has 2 rings (SSSR count). The first-order valence-electron chi connectivity index (χ1n) is 5.12. The third-order valence-corrected chi connectivity index (χ3v) is 4.32. The van der Waals surface area contributed by atoms with Crippen LogP contribution in [0, 0.1) is 5.82 Å². The zero-order chi connectivity index (χ0) is 14.9. The number of halogens is 3. The molecule has 0 bridgehead atoms. The van der Waals surface area contributed by atoms with Crippen molar-refractivity contribution < 1.29 is 17.9 Å². The maximum atomic E-state index is 13.1. The van der Waals surface area contributed by atoms with Crippen LogP contribution in [0.25, 0.3) is 0 Å². The molecule has 0 fully saturated rings. The molecule has 0 unspecified atom stereocenters. The Hall–Kier alpha value is -1.57. The molecule has 0 aliphatic carbocycles. The third kappa shape index (κ3) is 3.12. The molecule has 2 aromatic rings. The van der Waals surface area contributed by atoms with Crippen molar-refractivity contribution in [3.8, 4) is 5.75 Å². The van der Waals surface area contributed by atoms with E-state index in [-0.39, 0.29) is 20.8 Å². The number of hydrogen-bond donors (Lipinski definition) is 2. The molecule has 2 N–H and O–H groups in total. The summed E-state index contributed by atoms with van der Waals surface area (Å²) in [6, 6.07) is 4.20.